The van der Waals surface area contributed by atoms with Crippen molar-refractivity contribution in [1.29, 1.82) is 0 Å². The highest BCUT2D eigenvalue weighted by Gasteiger charge is 2.45. The Morgan fingerprint density at radius 1 is 1.32 bits per heavy atom. The van der Waals surface area contributed by atoms with Crippen molar-refractivity contribution in [2.45, 2.75) is 43.7 Å². The molecule has 1 aromatic rings. The first-order valence-electron chi connectivity index (χ1n) is 6.48. The van der Waals surface area contributed by atoms with Crippen LogP contribution in [0, 0.1) is 0 Å². The molecule has 2 N–H and O–H groups in total. The van der Waals surface area contributed by atoms with Crippen molar-refractivity contribution in [1.82, 2.24) is 0 Å². The van der Waals surface area contributed by atoms with Crippen molar-refractivity contribution in [3.05, 3.63) is 35.9 Å². The Hall–Kier alpha value is -0.510. The second-order valence-corrected chi connectivity index (χ2v) is 5.54. The van der Waals surface area contributed by atoms with Gasteiger partial charge in [-0.15, -0.1) is 9.24 Å². The topological polar surface area (TPSA) is 53.7 Å². The van der Waals surface area contributed by atoms with E-state index < -0.39 is 0 Å². The van der Waals surface area contributed by atoms with Gasteiger partial charge in [0.15, 0.2) is 0 Å². The molecule has 0 amide bonds. The SMILES string of the molecule is COC1C(P)OC(C(C)N)C1OCc1ccccc1. The maximum absolute atomic E-state index is 5.99. The second-order valence-electron chi connectivity index (χ2n) is 4.89. The van der Waals surface area contributed by atoms with Crippen LogP contribution in [0.3, 0.4) is 0 Å². The summed E-state index contributed by atoms with van der Waals surface area (Å²) in [7, 11) is 4.32. The number of methoxy groups -OCH3 is 1. The number of rotatable bonds is 5. The van der Waals surface area contributed by atoms with Crippen molar-refractivity contribution in [3.63, 3.8) is 0 Å². The van der Waals surface area contributed by atoms with Gasteiger partial charge >= 0.3 is 0 Å². The Kier molecular flexibility index (Phi) is 5.31. The minimum atomic E-state index is -0.146. The summed E-state index contributed by atoms with van der Waals surface area (Å²) in [6.45, 7) is 2.47. The van der Waals surface area contributed by atoms with Gasteiger partial charge in [0.1, 0.15) is 24.2 Å². The molecule has 1 heterocycles. The third-order valence-corrected chi connectivity index (χ3v) is 3.90. The van der Waals surface area contributed by atoms with Crippen LogP contribution in [0.2, 0.25) is 0 Å². The van der Waals surface area contributed by atoms with Gasteiger partial charge in [-0.3, -0.25) is 0 Å². The molecular formula is C14H22NO3P. The molecule has 1 saturated heterocycles. The Morgan fingerprint density at radius 2 is 2.00 bits per heavy atom. The van der Waals surface area contributed by atoms with Crippen molar-refractivity contribution in [2.24, 2.45) is 5.73 Å². The van der Waals surface area contributed by atoms with E-state index in [-0.39, 0.29) is 30.2 Å². The van der Waals surface area contributed by atoms with Crippen LogP contribution in [0.5, 0.6) is 0 Å². The summed E-state index contributed by atoms with van der Waals surface area (Å²) in [4.78, 5) is 0. The summed E-state index contributed by atoms with van der Waals surface area (Å²) in [5.41, 5.74) is 7.10. The molecule has 106 valence electrons. The summed E-state index contributed by atoms with van der Waals surface area (Å²) in [6.07, 6.45) is -0.395. The van der Waals surface area contributed by atoms with Gasteiger partial charge in [0.05, 0.1) is 6.61 Å². The van der Waals surface area contributed by atoms with Crippen LogP contribution in [0.15, 0.2) is 30.3 Å². The lowest BCUT2D eigenvalue weighted by Gasteiger charge is -2.25. The number of hydrogen-bond acceptors (Lipinski definition) is 4. The molecule has 0 saturated carbocycles. The lowest BCUT2D eigenvalue weighted by molar-refractivity contribution is -0.0612. The zero-order chi connectivity index (χ0) is 13.8. The molecule has 1 aliphatic heterocycles. The summed E-state index contributed by atoms with van der Waals surface area (Å²) in [5, 5.41) is 0. The van der Waals surface area contributed by atoms with E-state index >= 15 is 0 Å². The first kappa shape index (κ1) is 14.9. The molecule has 4 nitrogen and oxygen atoms in total. The average Bonchev–Trinajstić information content (AvgIpc) is 2.74. The quantitative estimate of drug-likeness (QED) is 0.833. The van der Waals surface area contributed by atoms with Gasteiger partial charge in [-0.25, -0.2) is 0 Å². The number of nitrogens with two attached hydrogens (primary N) is 1. The number of benzene rings is 1. The fraction of sp³-hybridized carbons (Fsp3) is 0.571. The van der Waals surface area contributed by atoms with Crippen LogP contribution in [-0.4, -0.2) is 37.3 Å². The molecule has 6 unspecified atom stereocenters. The molecule has 0 aliphatic carbocycles. The highest BCUT2D eigenvalue weighted by atomic mass is 31.0. The molecule has 0 bridgehead atoms. The Balaban J connectivity index is 2.02. The standard InChI is InChI=1S/C14H22NO3P/c1-9(15)11-12(13(16-2)14(19)18-11)17-8-10-6-4-3-5-7-10/h3-7,9,11-14H,8,15,19H2,1-2H3. The minimum absolute atomic E-state index is 0.0817. The molecule has 19 heavy (non-hydrogen) atoms. The van der Waals surface area contributed by atoms with Crippen LogP contribution < -0.4 is 5.73 Å². The predicted octanol–water partition coefficient (Wildman–Crippen LogP) is 1.53. The Labute approximate surface area is 116 Å². The molecule has 0 spiro atoms. The van der Waals surface area contributed by atoms with E-state index in [1.807, 2.05) is 37.3 Å². The lowest BCUT2D eigenvalue weighted by atomic mass is 10.1. The zero-order valence-electron chi connectivity index (χ0n) is 11.4. The zero-order valence-corrected chi connectivity index (χ0v) is 12.5. The van der Waals surface area contributed by atoms with Gasteiger partial charge in [-0.2, -0.15) is 0 Å². The van der Waals surface area contributed by atoms with E-state index in [9.17, 15) is 0 Å². The summed E-state index contributed by atoms with van der Waals surface area (Å²) in [5.74, 6) is -0.0817. The van der Waals surface area contributed by atoms with E-state index in [2.05, 4.69) is 9.24 Å². The van der Waals surface area contributed by atoms with E-state index in [0.717, 1.165) is 5.56 Å². The fourth-order valence-corrected chi connectivity index (χ4v) is 2.92. The molecule has 5 heteroatoms. The lowest BCUT2D eigenvalue weighted by Crippen LogP contribution is -2.43. The summed E-state index contributed by atoms with van der Waals surface area (Å²) < 4.78 is 17.3. The van der Waals surface area contributed by atoms with Crippen molar-refractivity contribution in [3.8, 4) is 0 Å². The van der Waals surface area contributed by atoms with Gasteiger partial charge in [0.25, 0.3) is 0 Å². The molecule has 6 atom stereocenters. The Morgan fingerprint density at radius 3 is 2.58 bits per heavy atom. The second kappa shape index (κ2) is 6.78. The van der Waals surface area contributed by atoms with Crippen molar-refractivity contribution in [2.75, 3.05) is 7.11 Å². The highest BCUT2D eigenvalue weighted by Crippen LogP contribution is 2.31. The van der Waals surface area contributed by atoms with E-state index in [0.29, 0.717) is 6.61 Å². The fourth-order valence-electron chi connectivity index (χ4n) is 2.36. The molecule has 2 rings (SSSR count). The monoisotopic (exact) mass is 283 g/mol. The molecule has 0 radical (unpaired) electrons. The smallest absolute Gasteiger partial charge is 0.115 e. The van der Waals surface area contributed by atoms with E-state index in [1.54, 1.807) is 7.11 Å². The van der Waals surface area contributed by atoms with Crippen molar-refractivity contribution < 1.29 is 14.2 Å². The average molecular weight is 283 g/mol. The molecule has 1 fully saturated rings. The largest absolute Gasteiger partial charge is 0.376 e. The first-order valence-corrected chi connectivity index (χ1v) is 7.15. The van der Waals surface area contributed by atoms with Gasteiger partial charge in [0, 0.05) is 13.2 Å². The minimum Gasteiger partial charge on any atom is -0.376 e. The summed E-state index contributed by atoms with van der Waals surface area (Å²) in [6, 6.07) is 9.97. The maximum Gasteiger partial charge on any atom is 0.115 e. The first-order chi connectivity index (χ1) is 9.13. The third-order valence-electron chi connectivity index (χ3n) is 3.36. The van der Waals surface area contributed by atoms with Crippen LogP contribution in [-0.2, 0) is 20.8 Å². The molecule has 1 aromatic carbocycles. The highest BCUT2D eigenvalue weighted by molar-refractivity contribution is 7.17. The number of ether oxygens (including phenoxy) is 3. The van der Waals surface area contributed by atoms with Crippen molar-refractivity contribution >= 4 is 9.24 Å². The van der Waals surface area contributed by atoms with Gasteiger partial charge < -0.3 is 19.9 Å². The Bertz CT molecular complexity index is 388. The molecule has 1 aliphatic rings. The summed E-state index contributed by atoms with van der Waals surface area (Å²) >= 11 is 0. The van der Waals surface area contributed by atoms with Crippen LogP contribution in [0.1, 0.15) is 12.5 Å². The van der Waals surface area contributed by atoms with Gasteiger partial charge in [-0.05, 0) is 12.5 Å². The maximum atomic E-state index is 5.99. The molecular weight excluding hydrogens is 261 g/mol. The normalized spacial score (nSPS) is 32.4. The van der Waals surface area contributed by atoms with Crippen LogP contribution in [0.4, 0.5) is 0 Å². The van der Waals surface area contributed by atoms with E-state index in [1.165, 1.54) is 0 Å². The number of hydrogen-bond donors (Lipinski definition) is 1. The van der Waals surface area contributed by atoms with Gasteiger partial charge in [-0.1, -0.05) is 30.3 Å². The van der Waals surface area contributed by atoms with Crippen LogP contribution >= 0.6 is 9.24 Å². The third kappa shape index (κ3) is 3.53. The van der Waals surface area contributed by atoms with Crippen LogP contribution in [0.25, 0.3) is 0 Å². The van der Waals surface area contributed by atoms with Gasteiger partial charge in [0.2, 0.25) is 0 Å². The predicted molar refractivity (Wildman–Crippen MR) is 77.8 cm³/mol. The van der Waals surface area contributed by atoms with E-state index in [4.69, 9.17) is 19.9 Å². The molecule has 0 aromatic heterocycles.